The van der Waals surface area contributed by atoms with Crippen LogP contribution in [0.25, 0.3) is 22.3 Å². The van der Waals surface area contributed by atoms with Gasteiger partial charge in [0.1, 0.15) is 24.4 Å². The lowest BCUT2D eigenvalue weighted by Crippen LogP contribution is -2.54. The molecule has 4 aromatic rings. The maximum atomic E-state index is 14.1. The van der Waals surface area contributed by atoms with Crippen molar-refractivity contribution in [3.8, 4) is 17.1 Å². The number of esters is 1. The number of hydrogen-bond acceptors (Lipinski definition) is 12. The molecule has 0 radical (unpaired) electrons. The number of primary amides is 1. The number of nitrogens with one attached hydrogen (secondary N) is 5. The summed E-state index contributed by atoms with van der Waals surface area (Å²) >= 11 is 0. The second-order valence-corrected chi connectivity index (χ2v) is 16.1. The van der Waals surface area contributed by atoms with Crippen LogP contribution in [0.15, 0.2) is 59.4 Å². The van der Waals surface area contributed by atoms with Crippen LogP contribution in [-0.4, -0.2) is 83.5 Å². The molecule has 6 rings (SSSR count). The molecule has 6 amide bonds. The van der Waals surface area contributed by atoms with Crippen LogP contribution >= 0.6 is 0 Å². The Morgan fingerprint density at radius 1 is 0.969 bits per heavy atom. The number of anilines is 1. The Hall–Kier alpha value is -6.86. The summed E-state index contributed by atoms with van der Waals surface area (Å²) in [4.78, 5) is 96.1. The molecule has 0 fully saturated rings. The Morgan fingerprint density at radius 2 is 1.73 bits per heavy atom. The minimum absolute atomic E-state index is 0.0860. The first-order chi connectivity index (χ1) is 30.6. The number of urea groups is 1. The fraction of sp³-hybridized carbons (Fsp3) is 0.422. The van der Waals surface area contributed by atoms with Crippen molar-refractivity contribution in [1.29, 1.82) is 0 Å². The van der Waals surface area contributed by atoms with Crippen LogP contribution < -0.4 is 48.3 Å². The molecule has 2 aromatic carbocycles. The van der Waals surface area contributed by atoms with E-state index in [-0.39, 0.29) is 67.5 Å². The van der Waals surface area contributed by atoms with E-state index in [2.05, 4.69) is 26.6 Å². The Bertz CT molecular complexity index is 2510. The maximum absolute atomic E-state index is 14.1. The zero-order chi connectivity index (χ0) is 46.1. The van der Waals surface area contributed by atoms with Gasteiger partial charge in [-0.3, -0.25) is 24.0 Å². The number of aromatic nitrogens is 2. The van der Waals surface area contributed by atoms with E-state index in [0.29, 0.717) is 48.6 Å². The lowest BCUT2D eigenvalue weighted by Gasteiger charge is -2.36. The number of fused-ring (bicyclic) bond motifs is 5. The Labute approximate surface area is 369 Å². The van der Waals surface area contributed by atoms with Gasteiger partial charge in [-0.05, 0) is 62.4 Å². The predicted octanol–water partition coefficient (Wildman–Crippen LogP) is 2.18. The van der Waals surface area contributed by atoms with Gasteiger partial charge < -0.3 is 56.8 Å². The van der Waals surface area contributed by atoms with Crippen molar-refractivity contribution in [2.75, 3.05) is 31.6 Å². The molecule has 0 spiro atoms. The number of carbonyl (C=O) groups excluding carboxylic acids is 6. The molecule has 2 aliphatic rings. The van der Waals surface area contributed by atoms with Gasteiger partial charge in [0.05, 0.1) is 35.6 Å². The van der Waals surface area contributed by atoms with E-state index in [1.165, 1.54) is 13.0 Å². The number of pyridine rings is 2. The maximum Gasteiger partial charge on any atom is 0.343 e. The number of nitrogens with zero attached hydrogens (tertiary/aromatic N) is 2. The standard InChI is InChI=1S/C45H55N9O10/c1-5-45(32-20-35-39-29(18-27-10-6-7-11-33(27)52-39)21-54(35)42(59)31(32)23-63-43(45)60)64-22-28-13-14-30(19-36(28)62-24-37(56)48-17-9-15-46)51-40(57)34(12-8-16-49-44(47)61)53-41(58)38(25(2)3)50-26(4)55/h6-7,10-11,13-14,18-20,25,34,38H,5,8-9,12,15-17,21-24,46H2,1-4H3,(H,48,56)(H,50,55)(H,51,57)(H,53,58)(H3,47,49,61)/t34-,38-,45-/m0/s1. The monoisotopic (exact) mass is 881 g/mol. The van der Waals surface area contributed by atoms with Crippen LogP contribution in [0.3, 0.4) is 0 Å². The van der Waals surface area contributed by atoms with Gasteiger partial charge in [0, 0.05) is 53.8 Å². The number of hydrogen-bond donors (Lipinski definition) is 7. The molecule has 4 heterocycles. The Morgan fingerprint density at radius 3 is 2.45 bits per heavy atom. The van der Waals surface area contributed by atoms with Crippen LogP contribution in [0.5, 0.6) is 5.75 Å². The molecule has 0 aliphatic carbocycles. The molecular formula is C45H55N9O10. The van der Waals surface area contributed by atoms with Gasteiger partial charge in [-0.2, -0.15) is 0 Å². The molecule has 19 heteroatoms. The van der Waals surface area contributed by atoms with E-state index in [1.54, 1.807) is 43.5 Å². The molecule has 2 aromatic heterocycles. The number of rotatable bonds is 20. The first kappa shape index (κ1) is 46.6. The van der Waals surface area contributed by atoms with Gasteiger partial charge in [-0.1, -0.05) is 45.0 Å². The summed E-state index contributed by atoms with van der Waals surface area (Å²) in [6.07, 6.45) is 0.989. The number of para-hydroxylation sites is 1. The van der Waals surface area contributed by atoms with Gasteiger partial charge in [-0.25, -0.2) is 14.6 Å². The fourth-order valence-electron chi connectivity index (χ4n) is 7.79. The molecule has 2 aliphatic heterocycles. The number of cyclic esters (lactones) is 1. The van der Waals surface area contributed by atoms with E-state index in [9.17, 15) is 33.6 Å². The summed E-state index contributed by atoms with van der Waals surface area (Å²) in [5, 5.41) is 14.2. The normalized spacial score (nSPS) is 15.8. The highest BCUT2D eigenvalue weighted by Crippen LogP contribution is 2.42. The smallest absolute Gasteiger partial charge is 0.343 e. The largest absolute Gasteiger partial charge is 0.483 e. The zero-order valence-corrected chi connectivity index (χ0v) is 36.3. The molecule has 0 saturated carbocycles. The van der Waals surface area contributed by atoms with Crippen molar-refractivity contribution in [1.82, 2.24) is 30.8 Å². The van der Waals surface area contributed by atoms with Crippen LogP contribution in [0.2, 0.25) is 0 Å². The second kappa shape index (κ2) is 20.5. The molecule has 0 saturated heterocycles. The fourth-order valence-corrected chi connectivity index (χ4v) is 7.79. The molecule has 0 bridgehead atoms. The number of nitrogens with two attached hydrogens (primary N) is 2. The quantitative estimate of drug-likeness (QED) is 0.0438. The van der Waals surface area contributed by atoms with Crippen molar-refractivity contribution in [3.63, 3.8) is 0 Å². The number of amides is 6. The molecular weight excluding hydrogens is 827 g/mol. The van der Waals surface area contributed by atoms with E-state index in [4.69, 9.17) is 30.7 Å². The predicted molar refractivity (Wildman–Crippen MR) is 236 cm³/mol. The van der Waals surface area contributed by atoms with Crippen LogP contribution in [0.4, 0.5) is 10.5 Å². The van der Waals surface area contributed by atoms with Crippen LogP contribution in [0.1, 0.15) is 75.6 Å². The first-order valence-electron chi connectivity index (χ1n) is 21.3. The molecule has 19 nitrogen and oxygen atoms in total. The highest BCUT2D eigenvalue weighted by atomic mass is 16.6. The van der Waals surface area contributed by atoms with E-state index in [1.807, 2.05) is 30.3 Å². The van der Waals surface area contributed by atoms with Crippen LogP contribution in [0, 0.1) is 5.92 Å². The van der Waals surface area contributed by atoms with E-state index < -0.39 is 59.9 Å². The summed E-state index contributed by atoms with van der Waals surface area (Å²) in [7, 11) is 0. The number of benzene rings is 2. The molecule has 0 unspecified atom stereocenters. The molecule has 9 N–H and O–H groups in total. The summed E-state index contributed by atoms with van der Waals surface area (Å²) in [5.74, 6) is -2.93. The minimum atomic E-state index is -1.72. The summed E-state index contributed by atoms with van der Waals surface area (Å²) in [6.45, 7) is 6.75. The average molecular weight is 882 g/mol. The van der Waals surface area contributed by atoms with Gasteiger partial charge in [0.2, 0.25) is 17.7 Å². The number of ether oxygens (including phenoxy) is 3. The second-order valence-electron chi connectivity index (χ2n) is 16.1. The van der Waals surface area contributed by atoms with Crippen molar-refractivity contribution >= 4 is 52.2 Å². The summed E-state index contributed by atoms with van der Waals surface area (Å²) < 4.78 is 19.8. The third kappa shape index (κ3) is 10.5. The SMILES string of the molecule is CC[C@@]1(OCc2ccc(NC(=O)[C@H](CCCNC(N)=O)NC(=O)[C@@H](NC(C)=O)C(C)C)cc2OCC(=O)NCCCN)C(=O)OCc2c1cc1n(c2=O)Cc2cc3ccccc3nc2-1. The van der Waals surface area contributed by atoms with Crippen molar-refractivity contribution in [3.05, 3.63) is 87.2 Å². The van der Waals surface area contributed by atoms with Gasteiger partial charge in [0.15, 0.2) is 12.2 Å². The first-order valence-corrected chi connectivity index (χ1v) is 21.3. The molecule has 340 valence electrons. The van der Waals surface area contributed by atoms with Crippen molar-refractivity contribution in [2.24, 2.45) is 17.4 Å². The van der Waals surface area contributed by atoms with Crippen molar-refractivity contribution in [2.45, 2.75) is 90.8 Å². The highest BCUT2D eigenvalue weighted by molar-refractivity contribution is 5.98. The minimum Gasteiger partial charge on any atom is -0.483 e. The lowest BCUT2D eigenvalue weighted by atomic mass is 9.85. The lowest BCUT2D eigenvalue weighted by molar-refractivity contribution is -0.183. The molecule has 3 atom stereocenters. The molecule has 64 heavy (non-hydrogen) atoms. The van der Waals surface area contributed by atoms with Crippen molar-refractivity contribution < 1.29 is 43.0 Å². The summed E-state index contributed by atoms with van der Waals surface area (Å²) in [5.41, 5.74) is 12.8. The van der Waals surface area contributed by atoms with E-state index in [0.717, 1.165) is 16.5 Å². The third-order valence-electron chi connectivity index (χ3n) is 11.2. The third-order valence-corrected chi connectivity index (χ3v) is 11.2. The average Bonchev–Trinajstić information content (AvgIpc) is 3.62. The van der Waals surface area contributed by atoms with Gasteiger partial charge in [0.25, 0.3) is 11.5 Å². The van der Waals surface area contributed by atoms with Gasteiger partial charge >= 0.3 is 12.0 Å². The Balaban J connectivity index is 1.29. The van der Waals surface area contributed by atoms with E-state index >= 15 is 0 Å². The van der Waals surface area contributed by atoms with Gasteiger partial charge in [-0.15, -0.1) is 0 Å². The Kier molecular flexibility index (Phi) is 15.0. The highest BCUT2D eigenvalue weighted by Gasteiger charge is 2.48. The zero-order valence-electron chi connectivity index (χ0n) is 36.3. The van der Waals surface area contributed by atoms with Crippen LogP contribution in [-0.2, 0) is 58.8 Å². The summed E-state index contributed by atoms with van der Waals surface area (Å²) in [6, 6.07) is 13.3. The topological polar surface area (TPSA) is 277 Å². The number of carbonyl (C=O) groups is 6.